The average molecular weight is 558 g/mol. The number of benzene rings is 1. The molecule has 1 fully saturated rings. The maximum atomic E-state index is 15.2. The van der Waals surface area contributed by atoms with Gasteiger partial charge >= 0.3 is 5.69 Å². The van der Waals surface area contributed by atoms with Crippen molar-refractivity contribution in [3.63, 3.8) is 0 Å². The lowest BCUT2D eigenvalue weighted by Crippen LogP contribution is -2.53. The molecule has 4 aromatic rings. The molecule has 0 bridgehead atoms. The van der Waals surface area contributed by atoms with Crippen LogP contribution in [-0.2, 0) is 13.0 Å². The van der Waals surface area contributed by atoms with Crippen molar-refractivity contribution in [2.75, 3.05) is 29.4 Å². The first kappa shape index (κ1) is 27.9. The lowest BCUT2D eigenvalue weighted by molar-refractivity contribution is 0.0564. The van der Waals surface area contributed by atoms with E-state index in [2.05, 4.69) is 49.8 Å². The van der Waals surface area contributed by atoms with Crippen molar-refractivity contribution in [2.45, 2.75) is 52.3 Å². The van der Waals surface area contributed by atoms with Gasteiger partial charge in [-0.3, -0.25) is 0 Å². The molecule has 1 aliphatic rings. The summed E-state index contributed by atoms with van der Waals surface area (Å²) in [6.45, 7) is 9.23. The highest BCUT2D eigenvalue weighted by Crippen LogP contribution is 2.29. The number of rotatable bonds is 7. The lowest BCUT2D eigenvalue weighted by atomic mass is 10.0. The zero-order valence-electron chi connectivity index (χ0n) is 23.5. The lowest BCUT2D eigenvalue weighted by Gasteiger charge is -2.40. The Hall–Kier alpha value is -4.63. The van der Waals surface area contributed by atoms with Crippen molar-refractivity contribution >= 4 is 11.8 Å². The van der Waals surface area contributed by atoms with Crippen LogP contribution < -0.4 is 15.5 Å². The summed E-state index contributed by atoms with van der Waals surface area (Å²) in [6, 6.07) is 8.46. The highest BCUT2D eigenvalue weighted by atomic mass is 19.1. The largest absolute Gasteiger partial charge is 0.389 e. The van der Waals surface area contributed by atoms with E-state index >= 15 is 4.39 Å². The monoisotopic (exact) mass is 557 g/mol. The number of halogens is 1. The summed E-state index contributed by atoms with van der Waals surface area (Å²) in [5.41, 5.74) is 0.899. The Morgan fingerprint density at radius 1 is 1.12 bits per heavy atom. The van der Waals surface area contributed by atoms with Crippen LogP contribution in [0.3, 0.4) is 0 Å². The molecule has 0 amide bonds. The van der Waals surface area contributed by atoms with E-state index in [1.54, 1.807) is 32.2 Å². The van der Waals surface area contributed by atoms with Crippen LogP contribution in [0.2, 0.25) is 0 Å². The highest BCUT2D eigenvalue weighted by molar-refractivity contribution is 5.69. The van der Waals surface area contributed by atoms with Gasteiger partial charge in [-0.05, 0) is 56.5 Å². The Labute approximate surface area is 237 Å². The molecule has 1 N–H and O–H groups in total. The Bertz CT molecular complexity index is 1650. The third-order valence-electron chi connectivity index (χ3n) is 7.08. The molecule has 11 nitrogen and oxygen atoms in total. The number of anilines is 2. The van der Waals surface area contributed by atoms with E-state index in [0.717, 1.165) is 21.2 Å². The van der Waals surface area contributed by atoms with Gasteiger partial charge < -0.3 is 14.9 Å². The maximum absolute atomic E-state index is 15.2. The van der Waals surface area contributed by atoms with Gasteiger partial charge in [0.05, 0.1) is 23.4 Å². The molecule has 4 heterocycles. The van der Waals surface area contributed by atoms with E-state index in [0.29, 0.717) is 48.1 Å². The summed E-state index contributed by atoms with van der Waals surface area (Å²) in [4.78, 5) is 30.6. The first-order valence-corrected chi connectivity index (χ1v) is 13.5. The molecule has 3 aromatic heterocycles. The summed E-state index contributed by atoms with van der Waals surface area (Å²) in [7, 11) is 0. The van der Waals surface area contributed by atoms with Gasteiger partial charge in [0.1, 0.15) is 24.0 Å². The minimum atomic E-state index is -1.15. The van der Waals surface area contributed by atoms with Crippen LogP contribution >= 0.6 is 0 Å². The van der Waals surface area contributed by atoms with Gasteiger partial charge in [-0.25, -0.2) is 33.4 Å². The normalized spacial score (nSPS) is 15.7. The minimum Gasteiger partial charge on any atom is -0.389 e. The number of aliphatic hydroxyl groups is 1. The SMILES string of the molecule is CCc1cnc(N2CCN(c3ncc(-c4ccc(-n5cnn(CC(C)(C)O)c5=O)c(F)c4)cc3C#N)[C@@H](C)C2)nc1. The van der Waals surface area contributed by atoms with Crippen LogP contribution in [0, 0.1) is 17.1 Å². The third kappa shape index (κ3) is 5.81. The molecule has 0 saturated carbocycles. The predicted octanol–water partition coefficient (Wildman–Crippen LogP) is 2.95. The topological polar surface area (TPSA) is 129 Å². The van der Waals surface area contributed by atoms with Crippen LogP contribution in [-0.4, -0.2) is 65.7 Å². The van der Waals surface area contributed by atoms with Crippen molar-refractivity contribution in [2.24, 2.45) is 0 Å². The number of aryl methyl sites for hydroxylation is 1. The minimum absolute atomic E-state index is 0.0268. The molecule has 0 radical (unpaired) electrons. The standard InChI is InChI=1S/C29H32FN9O2/c1-5-20-13-33-27(34-14-20)36-8-9-37(19(2)16-36)26-22(12-31)10-23(15-32-26)21-6-7-25(24(30)11-21)38-18-35-39(28(38)40)17-29(3,4)41/h6-7,10-11,13-15,18-19,41H,5,8-9,16-17H2,1-4H3/t19-/m0/s1. The van der Waals surface area contributed by atoms with Gasteiger partial charge in [-0.2, -0.15) is 10.4 Å². The molecular formula is C29H32FN9O2. The number of pyridine rings is 1. The highest BCUT2D eigenvalue weighted by Gasteiger charge is 2.28. The number of nitriles is 1. The van der Waals surface area contributed by atoms with Crippen molar-refractivity contribution in [3.05, 3.63) is 76.6 Å². The van der Waals surface area contributed by atoms with Crippen molar-refractivity contribution in [1.29, 1.82) is 5.26 Å². The maximum Gasteiger partial charge on any atom is 0.350 e. The summed E-state index contributed by atoms with van der Waals surface area (Å²) < 4.78 is 17.4. The van der Waals surface area contributed by atoms with Crippen molar-refractivity contribution in [3.8, 4) is 22.9 Å². The Balaban J connectivity index is 1.35. The molecule has 1 saturated heterocycles. The summed E-state index contributed by atoms with van der Waals surface area (Å²) in [6.07, 6.45) is 7.45. The van der Waals surface area contributed by atoms with E-state index in [1.165, 1.54) is 18.5 Å². The first-order chi connectivity index (χ1) is 19.6. The van der Waals surface area contributed by atoms with Gasteiger partial charge in [0, 0.05) is 49.8 Å². The van der Waals surface area contributed by atoms with Gasteiger partial charge in [0.25, 0.3) is 0 Å². The second-order valence-electron chi connectivity index (χ2n) is 10.9. The quantitative estimate of drug-likeness (QED) is 0.365. The molecule has 41 heavy (non-hydrogen) atoms. The summed E-state index contributed by atoms with van der Waals surface area (Å²) >= 11 is 0. The zero-order valence-corrected chi connectivity index (χ0v) is 23.5. The van der Waals surface area contributed by atoms with Crippen LogP contribution in [0.15, 0.2) is 54.0 Å². The number of aromatic nitrogens is 6. The number of hydrogen-bond acceptors (Lipinski definition) is 9. The number of piperazine rings is 1. The van der Waals surface area contributed by atoms with Crippen molar-refractivity contribution < 1.29 is 9.50 Å². The second kappa shape index (κ2) is 11.1. The molecule has 0 aliphatic carbocycles. The van der Waals surface area contributed by atoms with E-state index in [1.807, 2.05) is 12.4 Å². The predicted molar refractivity (Wildman–Crippen MR) is 152 cm³/mol. The van der Waals surface area contributed by atoms with E-state index in [9.17, 15) is 15.2 Å². The molecule has 1 atom stereocenters. The van der Waals surface area contributed by atoms with E-state index in [4.69, 9.17) is 0 Å². The molecule has 212 valence electrons. The third-order valence-corrected chi connectivity index (χ3v) is 7.08. The zero-order chi connectivity index (χ0) is 29.3. The van der Waals surface area contributed by atoms with Gasteiger partial charge in [0.15, 0.2) is 0 Å². The summed E-state index contributed by atoms with van der Waals surface area (Å²) in [5, 5.41) is 24.0. The van der Waals surface area contributed by atoms with E-state index < -0.39 is 17.1 Å². The Morgan fingerprint density at radius 3 is 2.51 bits per heavy atom. The smallest absolute Gasteiger partial charge is 0.350 e. The Kier molecular flexibility index (Phi) is 7.55. The van der Waals surface area contributed by atoms with Crippen LogP contribution in [0.4, 0.5) is 16.2 Å². The Morgan fingerprint density at radius 2 is 1.88 bits per heavy atom. The molecule has 5 rings (SSSR count). The second-order valence-corrected chi connectivity index (χ2v) is 10.9. The number of hydrogen-bond donors (Lipinski definition) is 1. The number of nitrogens with zero attached hydrogens (tertiary/aromatic N) is 9. The molecular weight excluding hydrogens is 525 g/mol. The fourth-order valence-corrected chi connectivity index (χ4v) is 4.93. The fraction of sp³-hybridized carbons (Fsp3) is 0.379. The van der Waals surface area contributed by atoms with Crippen molar-refractivity contribution in [1.82, 2.24) is 29.3 Å². The molecule has 0 spiro atoms. The van der Waals surface area contributed by atoms with Crippen LogP contribution in [0.1, 0.15) is 38.8 Å². The molecule has 1 aliphatic heterocycles. The van der Waals surface area contributed by atoms with Gasteiger partial charge in [0.2, 0.25) is 5.95 Å². The average Bonchev–Trinajstić information content (AvgIpc) is 3.30. The molecule has 0 unspecified atom stereocenters. The van der Waals surface area contributed by atoms with Gasteiger partial charge in [-0.1, -0.05) is 13.0 Å². The van der Waals surface area contributed by atoms with Gasteiger partial charge in [-0.15, -0.1) is 0 Å². The van der Waals surface area contributed by atoms with E-state index in [-0.39, 0.29) is 18.3 Å². The van der Waals surface area contributed by atoms with Crippen LogP contribution in [0.5, 0.6) is 0 Å². The van der Waals surface area contributed by atoms with Crippen LogP contribution in [0.25, 0.3) is 16.8 Å². The molecule has 1 aromatic carbocycles. The molecule has 12 heteroatoms. The fourth-order valence-electron chi connectivity index (χ4n) is 4.93. The summed E-state index contributed by atoms with van der Waals surface area (Å²) in [5.74, 6) is 0.636. The first-order valence-electron chi connectivity index (χ1n) is 13.5.